The van der Waals surface area contributed by atoms with Crippen LogP contribution in [0.2, 0.25) is 0 Å². The van der Waals surface area contributed by atoms with Crippen LogP contribution in [0.25, 0.3) is 0 Å². The van der Waals surface area contributed by atoms with Crippen molar-refractivity contribution in [2.24, 2.45) is 0 Å². The maximum atomic E-state index is 11.8. The molecule has 120 valence electrons. The number of esters is 1. The number of carbonyl (C=O) groups is 2. The lowest BCUT2D eigenvalue weighted by atomic mass is 10.2. The Morgan fingerprint density at radius 2 is 1.83 bits per heavy atom. The van der Waals surface area contributed by atoms with E-state index >= 15 is 0 Å². The van der Waals surface area contributed by atoms with Gasteiger partial charge in [0, 0.05) is 5.69 Å². The minimum atomic E-state index is -0.788. The molecule has 0 spiro atoms. The van der Waals surface area contributed by atoms with E-state index in [0.29, 0.717) is 11.4 Å². The molecular weight excluding hydrogens is 294 g/mol. The number of para-hydroxylation sites is 1. The minimum Gasteiger partial charge on any atom is -0.479 e. The maximum absolute atomic E-state index is 11.8. The van der Waals surface area contributed by atoms with Crippen LogP contribution < -0.4 is 10.1 Å². The standard InChI is InChI=1S/C18H19NO4/c1-13-7-6-8-15(11-13)19-17(20)12-22-18(21)14(2)23-16-9-4-3-5-10-16/h3-11,14H,12H2,1-2H3,(H,19,20)/t14-/m0/s1. The molecule has 0 aliphatic rings. The predicted molar refractivity (Wildman–Crippen MR) is 87.3 cm³/mol. The third-order valence-corrected chi connectivity index (χ3v) is 3.04. The number of benzene rings is 2. The SMILES string of the molecule is Cc1cccc(NC(=O)COC(=O)[C@H](C)Oc2ccccc2)c1. The molecule has 5 heteroatoms. The van der Waals surface area contributed by atoms with Crippen molar-refractivity contribution in [3.63, 3.8) is 0 Å². The van der Waals surface area contributed by atoms with Crippen molar-refractivity contribution in [3.8, 4) is 5.75 Å². The van der Waals surface area contributed by atoms with E-state index in [1.165, 1.54) is 0 Å². The molecule has 2 aromatic rings. The highest BCUT2D eigenvalue weighted by Crippen LogP contribution is 2.12. The van der Waals surface area contributed by atoms with Gasteiger partial charge in [-0.1, -0.05) is 30.3 Å². The molecule has 1 atom stereocenters. The van der Waals surface area contributed by atoms with Gasteiger partial charge < -0.3 is 14.8 Å². The van der Waals surface area contributed by atoms with Crippen molar-refractivity contribution >= 4 is 17.6 Å². The van der Waals surface area contributed by atoms with Gasteiger partial charge in [-0.15, -0.1) is 0 Å². The Morgan fingerprint density at radius 3 is 2.52 bits per heavy atom. The quantitative estimate of drug-likeness (QED) is 0.833. The zero-order valence-corrected chi connectivity index (χ0v) is 13.1. The van der Waals surface area contributed by atoms with E-state index in [-0.39, 0.29) is 6.61 Å². The summed E-state index contributed by atoms with van der Waals surface area (Å²) >= 11 is 0. The number of amides is 1. The van der Waals surface area contributed by atoms with E-state index in [1.54, 1.807) is 25.1 Å². The van der Waals surface area contributed by atoms with E-state index in [0.717, 1.165) is 5.56 Å². The summed E-state index contributed by atoms with van der Waals surface area (Å²) in [7, 11) is 0. The first-order valence-corrected chi connectivity index (χ1v) is 7.29. The first-order chi connectivity index (χ1) is 11.0. The molecule has 0 fully saturated rings. The monoisotopic (exact) mass is 313 g/mol. The average molecular weight is 313 g/mol. The summed E-state index contributed by atoms with van der Waals surface area (Å²) in [5.74, 6) is -0.412. The highest BCUT2D eigenvalue weighted by atomic mass is 16.6. The van der Waals surface area contributed by atoms with Gasteiger partial charge in [0.05, 0.1) is 0 Å². The van der Waals surface area contributed by atoms with Gasteiger partial charge in [0.1, 0.15) is 5.75 Å². The molecule has 2 rings (SSSR count). The first-order valence-electron chi connectivity index (χ1n) is 7.29. The number of hydrogen-bond acceptors (Lipinski definition) is 4. The lowest BCUT2D eigenvalue weighted by Crippen LogP contribution is -2.29. The molecule has 23 heavy (non-hydrogen) atoms. The molecule has 1 N–H and O–H groups in total. The van der Waals surface area contributed by atoms with Crippen molar-refractivity contribution < 1.29 is 19.1 Å². The van der Waals surface area contributed by atoms with E-state index in [1.807, 2.05) is 43.3 Å². The number of rotatable bonds is 6. The Kier molecular flexibility index (Phi) is 5.74. The van der Waals surface area contributed by atoms with Crippen molar-refractivity contribution in [2.75, 3.05) is 11.9 Å². The fourth-order valence-electron chi connectivity index (χ4n) is 1.93. The van der Waals surface area contributed by atoms with Crippen molar-refractivity contribution in [1.82, 2.24) is 0 Å². The molecular formula is C18H19NO4. The predicted octanol–water partition coefficient (Wildman–Crippen LogP) is 2.94. The highest BCUT2D eigenvalue weighted by molar-refractivity contribution is 5.93. The van der Waals surface area contributed by atoms with Gasteiger partial charge >= 0.3 is 5.97 Å². The van der Waals surface area contributed by atoms with Gasteiger partial charge in [0.25, 0.3) is 5.91 Å². The third kappa shape index (κ3) is 5.47. The Balaban J connectivity index is 1.78. The number of hydrogen-bond donors (Lipinski definition) is 1. The summed E-state index contributed by atoms with van der Waals surface area (Å²) in [6, 6.07) is 16.3. The molecule has 2 aromatic carbocycles. The summed E-state index contributed by atoms with van der Waals surface area (Å²) < 4.78 is 10.4. The normalized spacial score (nSPS) is 11.4. The molecule has 0 aromatic heterocycles. The Hall–Kier alpha value is -2.82. The maximum Gasteiger partial charge on any atom is 0.347 e. The van der Waals surface area contributed by atoms with E-state index < -0.39 is 18.0 Å². The Bertz CT molecular complexity index is 670. The Morgan fingerprint density at radius 1 is 1.09 bits per heavy atom. The van der Waals surface area contributed by atoms with Gasteiger partial charge in [0.2, 0.25) is 0 Å². The number of carbonyl (C=O) groups excluding carboxylic acids is 2. The van der Waals surface area contributed by atoms with Crippen molar-refractivity contribution in [1.29, 1.82) is 0 Å². The molecule has 0 aliphatic heterocycles. The molecule has 1 amide bonds. The van der Waals surface area contributed by atoms with Crippen LogP contribution in [0, 0.1) is 6.92 Å². The molecule has 5 nitrogen and oxygen atoms in total. The molecule has 0 saturated carbocycles. The fraction of sp³-hybridized carbons (Fsp3) is 0.222. The number of ether oxygens (including phenoxy) is 2. The van der Waals surface area contributed by atoms with Gasteiger partial charge in [-0.05, 0) is 43.7 Å². The molecule has 0 saturated heterocycles. The zero-order valence-electron chi connectivity index (χ0n) is 13.1. The van der Waals surface area contributed by atoms with E-state index in [4.69, 9.17) is 9.47 Å². The van der Waals surface area contributed by atoms with Crippen LogP contribution in [0.5, 0.6) is 5.75 Å². The van der Waals surface area contributed by atoms with Gasteiger partial charge in [0.15, 0.2) is 12.7 Å². The van der Waals surface area contributed by atoms with Crippen LogP contribution >= 0.6 is 0 Å². The lowest BCUT2D eigenvalue weighted by molar-refractivity contribution is -0.153. The second kappa shape index (κ2) is 7.98. The second-order valence-electron chi connectivity index (χ2n) is 5.10. The van der Waals surface area contributed by atoms with Crippen LogP contribution in [-0.2, 0) is 14.3 Å². The van der Waals surface area contributed by atoms with Crippen LogP contribution in [0.1, 0.15) is 12.5 Å². The van der Waals surface area contributed by atoms with Gasteiger partial charge in [-0.3, -0.25) is 4.79 Å². The zero-order chi connectivity index (χ0) is 16.7. The van der Waals surface area contributed by atoms with E-state index in [9.17, 15) is 9.59 Å². The van der Waals surface area contributed by atoms with Crippen LogP contribution in [0.4, 0.5) is 5.69 Å². The molecule has 0 bridgehead atoms. The topological polar surface area (TPSA) is 64.6 Å². The number of nitrogens with one attached hydrogen (secondary N) is 1. The third-order valence-electron chi connectivity index (χ3n) is 3.04. The van der Waals surface area contributed by atoms with E-state index in [2.05, 4.69) is 5.32 Å². The molecule has 0 aliphatic carbocycles. The molecule has 0 radical (unpaired) electrons. The summed E-state index contributed by atoms with van der Waals surface area (Å²) in [5.41, 5.74) is 1.70. The molecule has 0 unspecified atom stereocenters. The number of anilines is 1. The minimum absolute atomic E-state index is 0.352. The van der Waals surface area contributed by atoms with Crippen molar-refractivity contribution in [2.45, 2.75) is 20.0 Å². The summed E-state index contributed by atoms with van der Waals surface area (Å²) in [6.07, 6.45) is -0.788. The van der Waals surface area contributed by atoms with Gasteiger partial charge in [-0.25, -0.2) is 4.79 Å². The second-order valence-corrected chi connectivity index (χ2v) is 5.10. The summed E-state index contributed by atoms with van der Waals surface area (Å²) in [5, 5.41) is 2.67. The molecule has 0 heterocycles. The first kappa shape index (κ1) is 16.5. The van der Waals surface area contributed by atoms with Crippen LogP contribution in [0.15, 0.2) is 54.6 Å². The Labute approximate surface area is 135 Å². The fourth-order valence-corrected chi connectivity index (χ4v) is 1.93. The lowest BCUT2D eigenvalue weighted by Gasteiger charge is -2.14. The van der Waals surface area contributed by atoms with Crippen LogP contribution in [-0.4, -0.2) is 24.6 Å². The smallest absolute Gasteiger partial charge is 0.347 e. The average Bonchev–Trinajstić information content (AvgIpc) is 2.53. The summed E-state index contributed by atoms with van der Waals surface area (Å²) in [4.78, 5) is 23.6. The van der Waals surface area contributed by atoms with Crippen molar-refractivity contribution in [3.05, 3.63) is 60.2 Å². The largest absolute Gasteiger partial charge is 0.479 e. The summed E-state index contributed by atoms with van der Waals surface area (Å²) in [6.45, 7) is 3.15. The van der Waals surface area contributed by atoms with Gasteiger partial charge in [-0.2, -0.15) is 0 Å². The van der Waals surface area contributed by atoms with Crippen LogP contribution in [0.3, 0.4) is 0 Å². The highest BCUT2D eigenvalue weighted by Gasteiger charge is 2.17. The number of aryl methyl sites for hydroxylation is 1.